The Balaban J connectivity index is 0.000000340. The number of nitrogens with zero attached hydrogens (tertiary/aromatic N) is 6. The first-order chi connectivity index (χ1) is 40.8. The van der Waals surface area contributed by atoms with Gasteiger partial charge in [-0.3, -0.25) is 5.10 Å². The van der Waals surface area contributed by atoms with Crippen LogP contribution in [-0.4, -0.2) is 35.5 Å². The van der Waals surface area contributed by atoms with Crippen molar-refractivity contribution in [3.63, 3.8) is 0 Å². The van der Waals surface area contributed by atoms with E-state index in [1.807, 2.05) is 85.7 Å². The topological polar surface area (TPSA) is 223 Å². The van der Waals surface area contributed by atoms with Crippen LogP contribution in [0.3, 0.4) is 0 Å². The Hall–Kier alpha value is -8.16. The van der Waals surface area contributed by atoms with Gasteiger partial charge in [0.25, 0.3) is 0 Å². The van der Waals surface area contributed by atoms with Crippen molar-refractivity contribution in [2.75, 3.05) is 17.2 Å². The predicted molar refractivity (Wildman–Crippen MR) is 366 cm³/mol. The van der Waals surface area contributed by atoms with Crippen LogP contribution < -0.4 is 22.9 Å². The molecule has 13 heteroatoms. The van der Waals surface area contributed by atoms with Gasteiger partial charge in [0.05, 0.1) is 16.6 Å². The SMILES string of the molecule is CC.CC.CC.CC.CC(C)c1ccc(-c2ccn[nH]2)cc1.CC(C)c1ccc(CN)cc1.CC(C)c1ccc2c(N)ncnc2c1.CC(C)c1ccc2c(N)noc2c1.CC(C)c1ccc2c(c1)C=CC2.CC(C)c1cnc2c(N)noc2c1. The fourth-order valence-corrected chi connectivity index (χ4v) is 8.09. The second-order valence-corrected chi connectivity index (χ2v) is 21.1. The zero-order valence-corrected chi connectivity index (χ0v) is 55.0. The minimum atomic E-state index is 0.352. The maximum Gasteiger partial charge on any atom is 0.193 e. The summed E-state index contributed by atoms with van der Waals surface area (Å²) in [7, 11) is 0. The average molecular weight is 1150 g/mol. The van der Waals surface area contributed by atoms with E-state index >= 15 is 0 Å². The lowest BCUT2D eigenvalue weighted by molar-refractivity contribution is 0.460. The molecule has 0 atom stereocenters. The maximum atomic E-state index is 5.73. The van der Waals surface area contributed by atoms with Crippen molar-refractivity contribution in [1.29, 1.82) is 0 Å². The first kappa shape index (κ1) is 72.9. The summed E-state index contributed by atoms with van der Waals surface area (Å²) < 4.78 is 10.1. The summed E-state index contributed by atoms with van der Waals surface area (Å²) in [6.07, 6.45) is 10.7. The van der Waals surface area contributed by atoms with Crippen LogP contribution in [0.5, 0.6) is 0 Å². The van der Waals surface area contributed by atoms with E-state index in [1.165, 1.54) is 56.4 Å². The van der Waals surface area contributed by atoms with E-state index in [9.17, 15) is 0 Å². The number of hydrogen-bond donors (Lipinski definition) is 5. The van der Waals surface area contributed by atoms with E-state index in [-0.39, 0.29) is 0 Å². The molecule has 0 spiro atoms. The van der Waals surface area contributed by atoms with E-state index in [0.717, 1.165) is 39.6 Å². The van der Waals surface area contributed by atoms with E-state index in [1.54, 1.807) is 12.4 Å². The highest BCUT2D eigenvalue weighted by Gasteiger charge is 2.11. The van der Waals surface area contributed by atoms with Crippen molar-refractivity contribution in [2.45, 2.75) is 187 Å². The molecule has 0 bridgehead atoms. The smallest absolute Gasteiger partial charge is 0.193 e. The average Bonchev–Trinajstić information content (AvgIpc) is 4.54. The van der Waals surface area contributed by atoms with Gasteiger partial charge in [0, 0.05) is 24.3 Å². The quantitative estimate of drug-likeness (QED) is 0.0958. The van der Waals surface area contributed by atoms with E-state index < -0.39 is 0 Å². The molecule has 0 saturated carbocycles. The molecule has 1 aliphatic rings. The number of rotatable bonds is 8. The highest BCUT2D eigenvalue weighted by atomic mass is 16.5. The van der Waals surface area contributed by atoms with Gasteiger partial charge in [-0.05, 0) is 134 Å². The maximum absolute atomic E-state index is 5.73. The number of allylic oxidation sites excluding steroid dienone is 1. The first-order valence-corrected chi connectivity index (χ1v) is 30.7. The van der Waals surface area contributed by atoms with Gasteiger partial charge >= 0.3 is 0 Å². The Morgan fingerprint density at radius 1 is 0.471 bits per heavy atom. The Bertz CT molecular complexity index is 3340. The molecule has 13 nitrogen and oxygen atoms in total. The minimum Gasteiger partial charge on any atom is -0.383 e. The fourth-order valence-electron chi connectivity index (χ4n) is 8.09. The van der Waals surface area contributed by atoms with Crippen LogP contribution >= 0.6 is 0 Å². The van der Waals surface area contributed by atoms with Gasteiger partial charge in [-0.25, -0.2) is 15.0 Å². The third kappa shape index (κ3) is 22.7. The van der Waals surface area contributed by atoms with Crippen LogP contribution in [0.25, 0.3) is 50.3 Å². The first-order valence-electron chi connectivity index (χ1n) is 30.7. The molecule has 0 radical (unpaired) electrons. The predicted octanol–water partition coefficient (Wildman–Crippen LogP) is 19.8. The van der Waals surface area contributed by atoms with Crippen molar-refractivity contribution >= 4 is 56.5 Å². The van der Waals surface area contributed by atoms with E-state index in [2.05, 4.69) is 216 Å². The number of nitrogens with two attached hydrogens (primary N) is 4. The summed E-state index contributed by atoms with van der Waals surface area (Å²) in [5.74, 6) is 4.65. The van der Waals surface area contributed by atoms with Gasteiger partial charge < -0.3 is 32.0 Å². The highest BCUT2D eigenvalue weighted by molar-refractivity contribution is 5.88. The molecule has 0 unspecified atom stereocenters. The van der Waals surface area contributed by atoms with Crippen LogP contribution in [0.1, 0.15) is 224 Å². The zero-order chi connectivity index (χ0) is 63.8. The normalized spacial score (nSPS) is 10.7. The number of fused-ring (bicyclic) bond motifs is 4. The molecule has 0 amide bonds. The largest absolute Gasteiger partial charge is 0.383 e. The number of nitrogen functional groups attached to an aromatic ring is 3. The second kappa shape index (κ2) is 38.6. The molecular formula is C72H103N11O2. The van der Waals surface area contributed by atoms with Gasteiger partial charge in [0.2, 0.25) is 0 Å². The Morgan fingerprint density at radius 2 is 0.953 bits per heavy atom. The number of nitrogens with one attached hydrogen (secondary N) is 1. The van der Waals surface area contributed by atoms with Crippen LogP contribution in [0.2, 0.25) is 0 Å². The van der Waals surface area contributed by atoms with Crippen LogP contribution in [0.15, 0.2) is 149 Å². The van der Waals surface area contributed by atoms with Crippen LogP contribution in [0, 0.1) is 0 Å². The van der Waals surface area contributed by atoms with E-state index in [0.29, 0.717) is 70.6 Å². The van der Waals surface area contributed by atoms with Gasteiger partial charge in [-0.1, -0.05) is 240 Å². The Labute approximate surface area is 509 Å². The standard InChI is InChI=1S/C12H14N2.C12H14.C11H13N3.C10H12N2O.C10H15N.C9H11N3O.4C2H6/c1-9(2)10-3-5-11(6-4-10)12-7-8-13-14-12;1-9(2)11-7-6-10-4-3-5-12(10)8-11;1-7(2)8-3-4-9-10(5-8)13-6-14-11(9)12;1-6(2)7-3-4-8-9(5-7)13-12-10(8)11;1-8(2)10-5-3-9(7-11)4-6-10;1-5(2)6-3-7-8(11-4-6)9(10)12-13-7;4*1-2/h3-9H,1-2H3,(H,13,14);3,5-9H,4H2,1-2H3;3-7H,1-2H3,(H2,12,13,14);3-6H,1-2H3,(H2,11,12);3-6,8H,7,11H2,1-2H3;3-5H,1-2H3,(H2,10,12);4*1-2H3. The minimum absolute atomic E-state index is 0.352. The Morgan fingerprint density at radius 3 is 1.49 bits per heavy atom. The molecule has 9 N–H and O–H groups in total. The van der Waals surface area contributed by atoms with Crippen LogP contribution in [-0.2, 0) is 13.0 Å². The Kier molecular flexibility index (Phi) is 33.2. The molecule has 5 aromatic carbocycles. The van der Waals surface area contributed by atoms with Crippen molar-refractivity contribution < 1.29 is 9.05 Å². The monoisotopic (exact) mass is 1150 g/mol. The van der Waals surface area contributed by atoms with Crippen molar-refractivity contribution in [3.8, 4) is 11.3 Å². The molecule has 85 heavy (non-hydrogen) atoms. The summed E-state index contributed by atoms with van der Waals surface area (Å²) in [6.45, 7) is 42.7. The lowest BCUT2D eigenvalue weighted by Crippen LogP contribution is -1.96. The number of hydrogen-bond acceptors (Lipinski definition) is 12. The number of H-pyrrole nitrogens is 1. The molecule has 5 aromatic heterocycles. The third-order valence-electron chi connectivity index (χ3n) is 13.3. The summed E-state index contributed by atoms with van der Waals surface area (Å²) in [4.78, 5) is 12.3. The number of pyridine rings is 1. The molecule has 1 aliphatic carbocycles. The number of aromatic amines is 1. The summed E-state index contributed by atoms with van der Waals surface area (Å²) >= 11 is 0. The summed E-state index contributed by atoms with van der Waals surface area (Å²) in [5.41, 5.74) is 39.5. The number of benzene rings is 5. The molecule has 0 saturated heterocycles. The lowest BCUT2D eigenvalue weighted by Gasteiger charge is -2.07. The zero-order valence-electron chi connectivity index (χ0n) is 55.0. The van der Waals surface area contributed by atoms with Gasteiger partial charge in [0.15, 0.2) is 28.3 Å². The van der Waals surface area contributed by atoms with Gasteiger partial charge in [0.1, 0.15) is 12.1 Å². The van der Waals surface area contributed by atoms with E-state index in [4.69, 9.17) is 32.0 Å². The molecule has 0 aliphatic heterocycles. The van der Waals surface area contributed by atoms with Crippen molar-refractivity contribution in [1.82, 2.24) is 35.5 Å². The molecule has 458 valence electrons. The third-order valence-corrected chi connectivity index (χ3v) is 13.3. The molecular weight excluding hydrogens is 1050 g/mol. The van der Waals surface area contributed by atoms with Gasteiger partial charge in [-0.2, -0.15) is 5.10 Å². The number of aromatic nitrogens is 7. The molecule has 5 heterocycles. The van der Waals surface area contributed by atoms with Crippen molar-refractivity contribution in [3.05, 3.63) is 190 Å². The number of anilines is 3. The van der Waals surface area contributed by atoms with Gasteiger partial charge in [-0.15, -0.1) is 0 Å². The summed E-state index contributed by atoms with van der Waals surface area (Å²) in [6, 6.07) is 39.9. The molecule has 10 aromatic rings. The summed E-state index contributed by atoms with van der Waals surface area (Å²) in [5, 5.41) is 16.0. The molecule has 0 fully saturated rings. The molecule has 11 rings (SSSR count). The van der Waals surface area contributed by atoms with Crippen molar-refractivity contribution in [2.24, 2.45) is 5.73 Å². The van der Waals surface area contributed by atoms with Crippen LogP contribution in [0.4, 0.5) is 17.5 Å². The second-order valence-electron chi connectivity index (χ2n) is 21.1. The highest BCUT2D eigenvalue weighted by Crippen LogP contribution is 2.28. The lowest BCUT2D eigenvalue weighted by atomic mass is 9.99. The fraction of sp³-hybridized carbons (Fsp3) is 0.389.